The minimum atomic E-state index is -1.63. The lowest BCUT2D eigenvalue weighted by Crippen LogP contribution is -2.39. The molecule has 0 atom stereocenters. The highest BCUT2D eigenvalue weighted by Crippen LogP contribution is 2.16. The molecule has 0 N–H and O–H groups in total. The number of carbonyl (C=O) groups excluding carboxylic acids is 1. The number of hydrogen-bond donors (Lipinski definition) is 0. The van der Waals surface area contributed by atoms with Gasteiger partial charge in [0.05, 0.1) is 12.3 Å². The zero-order chi connectivity index (χ0) is 16.3. The molecule has 0 aliphatic heterocycles. The fourth-order valence-electron chi connectivity index (χ4n) is 2.07. The van der Waals surface area contributed by atoms with E-state index < -0.39 is 8.07 Å². The third-order valence-corrected chi connectivity index (χ3v) is 5.36. The van der Waals surface area contributed by atoms with Crippen molar-refractivity contribution in [2.75, 3.05) is 6.61 Å². The van der Waals surface area contributed by atoms with E-state index in [1.807, 2.05) is 30.3 Å². The van der Waals surface area contributed by atoms with Gasteiger partial charge in [0.25, 0.3) is 0 Å². The number of esters is 1. The lowest BCUT2D eigenvalue weighted by Gasteiger charge is -2.11. The molecule has 0 saturated carbocycles. The molecule has 2 aromatic rings. The van der Waals surface area contributed by atoms with Crippen LogP contribution in [-0.2, 0) is 10.6 Å². The van der Waals surface area contributed by atoms with E-state index in [1.165, 1.54) is 0 Å². The maximum Gasteiger partial charge on any atom is 0.357 e. The van der Waals surface area contributed by atoms with Gasteiger partial charge in [-0.15, -0.1) is 11.6 Å². The normalized spacial score (nSPS) is 11.5. The van der Waals surface area contributed by atoms with Gasteiger partial charge in [0.15, 0.2) is 5.69 Å². The molecule has 118 valence electrons. The largest absolute Gasteiger partial charge is 0.461 e. The molecule has 1 aromatic carbocycles. The van der Waals surface area contributed by atoms with Gasteiger partial charge in [0.2, 0.25) is 0 Å². The summed E-state index contributed by atoms with van der Waals surface area (Å²) in [6.07, 6.45) is 0. The predicted octanol–water partition coefficient (Wildman–Crippen LogP) is 3.33. The molecule has 22 heavy (non-hydrogen) atoms. The zero-order valence-electron chi connectivity index (χ0n) is 13.4. The summed E-state index contributed by atoms with van der Waals surface area (Å²) < 4.78 is 6.83. The van der Waals surface area contributed by atoms with Crippen LogP contribution in [0.5, 0.6) is 0 Å². The van der Waals surface area contributed by atoms with Crippen molar-refractivity contribution in [1.29, 1.82) is 0 Å². The first-order valence-corrected chi connectivity index (χ1v) is 11.3. The van der Waals surface area contributed by atoms with Crippen molar-refractivity contribution in [2.24, 2.45) is 0 Å². The second-order valence-electron chi connectivity index (χ2n) is 6.10. The van der Waals surface area contributed by atoms with E-state index in [0.717, 1.165) is 16.6 Å². The van der Waals surface area contributed by atoms with E-state index >= 15 is 0 Å². The topological polar surface area (TPSA) is 44.1 Å². The Morgan fingerprint density at radius 2 is 2.05 bits per heavy atom. The summed E-state index contributed by atoms with van der Waals surface area (Å²) in [6.45, 7) is 8.73. The molecular weight excluding hydrogens is 316 g/mol. The summed E-state index contributed by atoms with van der Waals surface area (Å²) >= 11 is 5.90. The van der Waals surface area contributed by atoms with Gasteiger partial charge in [-0.05, 0) is 30.7 Å². The van der Waals surface area contributed by atoms with Crippen LogP contribution in [0.15, 0.2) is 30.3 Å². The Morgan fingerprint density at radius 3 is 2.64 bits per heavy atom. The molecule has 1 heterocycles. The zero-order valence-corrected chi connectivity index (χ0v) is 15.1. The highest BCUT2D eigenvalue weighted by atomic mass is 35.5. The lowest BCUT2D eigenvalue weighted by atomic mass is 10.2. The maximum atomic E-state index is 12.2. The first-order chi connectivity index (χ1) is 10.4. The second kappa shape index (κ2) is 6.67. The Labute approximate surface area is 137 Å². The molecule has 0 amide bonds. The van der Waals surface area contributed by atoms with Gasteiger partial charge in [0, 0.05) is 11.2 Å². The number of benzene rings is 1. The van der Waals surface area contributed by atoms with Crippen LogP contribution in [-0.4, -0.2) is 30.4 Å². The number of nitrogens with zero attached hydrogens (tertiary/aromatic N) is 2. The van der Waals surface area contributed by atoms with Crippen LogP contribution in [0.3, 0.4) is 0 Å². The highest BCUT2D eigenvalue weighted by Gasteiger charge is 2.25. The van der Waals surface area contributed by atoms with Crippen molar-refractivity contribution in [3.05, 3.63) is 41.6 Å². The smallest absolute Gasteiger partial charge is 0.357 e. The third-order valence-electron chi connectivity index (χ3n) is 3.27. The fraction of sp³-hybridized carbons (Fsp3) is 0.375. The Bertz CT molecular complexity index is 677. The van der Waals surface area contributed by atoms with Crippen molar-refractivity contribution < 1.29 is 9.53 Å². The molecule has 0 fully saturated rings. The van der Waals surface area contributed by atoms with E-state index in [-0.39, 0.29) is 5.97 Å². The summed E-state index contributed by atoms with van der Waals surface area (Å²) in [7, 11) is -1.63. The molecule has 0 saturated heterocycles. The summed E-state index contributed by atoms with van der Waals surface area (Å²) in [5.74, 6) is 0.0702. The molecule has 0 unspecified atom stereocenters. The van der Waals surface area contributed by atoms with Crippen LogP contribution >= 0.6 is 11.6 Å². The van der Waals surface area contributed by atoms with Crippen molar-refractivity contribution in [2.45, 2.75) is 32.4 Å². The third kappa shape index (κ3) is 3.59. The van der Waals surface area contributed by atoms with Crippen LogP contribution in [0.2, 0.25) is 19.6 Å². The molecule has 0 aliphatic rings. The predicted molar refractivity (Wildman–Crippen MR) is 92.1 cm³/mol. The molecular formula is C16H21ClN2O2Si. The Kier molecular flexibility index (Phi) is 5.08. The lowest BCUT2D eigenvalue weighted by molar-refractivity contribution is 0.0515. The molecule has 0 bridgehead atoms. The summed E-state index contributed by atoms with van der Waals surface area (Å²) in [5.41, 5.74) is 2.27. The molecule has 2 rings (SSSR count). The van der Waals surface area contributed by atoms with E-state index in [9.17, 15) is 4.79 Å². The van der Waals surface area contributed by atoms with Crippen molar-refractivity contribution >= 4 is 31.0 Å². The van der Waals surface area contributed by atoms with Crippen molar-refractivity contribution in [3.63, 3.8) is 0 Å². The SMILES string of the molecule is CCOC(=O)c1cc([Si](C)(C)C)nn1-c1cccc(CCl)c1. The summed E-state index contributed by atoms with van der Waals surface area (Å²) in [6, 6.07) is 9.58. The number of aromatic nitrogens is 2. The van der Waals surface area contributed by atoms with Crippen LogP contribution in [0.25, 0.3) is 5.69 Å². The Hall–Kier alpha value is -1.59. The van der Waals surface area contributed by atoms with Gasteiger partial charge >= 0.3 is 5.97 Å². The molecule has 1 aromatic heterocycles. The van der Waals surface area contributed by atoms with Gasteiger partial charge in [-0.3, -0.25) is 0 Å². The average molecular weight is 337 g/mol. The van der Waals surface area contributed by atoms with Crippen LogP contribution in [0.4, 0.5) is 0 Å². The second-order valence-corrected chi connectivity index (χ2v) is 11.4. The maximum absolute atomic E-state index is 12.2. The number of carbonyl (C=O) groups is 1. The fourth-order valence-corrected chi connectivity index (χ4v) is 3.20. The van der Waals surface area contributed by atoms with E-state index in [1.54, 1.807) is 11.6 Å². The molecule has 0 radical (unpaired) electrons. The first-order valence-electron chi connectivity index (χ1n) is 7.29. The Morgan fingerprint density at radius 1 is 1.32 bits per heavy atom. The van der Waals surface area contributed by atoms with Crippen molar-refractivity contribution in [3.8, 4) is 5.69 Å². The van der Waals surface area contributed by atoms with Crippen LogP contribution < -0.4 is 5.32 Å². The van der Waals surface area contributed by atoms with Gasteiger partial charge in [-0.2, -0.15) is 5.10 Å². The van der Waals surface area contributed by atoms with Gasteiger partial charge in [-0.25, -0.2) is 9.48 Å². The summed E-state index contributed by atoms with van der Waals surface area (Å²) in [5, 5.41) is 5.64. The van der Waals surface area contributed by atoms with Crippen molar-refractivity contribution in [1.82, 2.24) is 9.78 Å². The average Bonchev–Trinajstić information content (AvgIpc) is 2.93. The standard InChI is InChI=1S/C16H21ClN2O2Si/c1-5-21-16(20)14-10-15(22(2,3)4)18-19(14)13-8-6-7-12(9-13)11-17/h6-10H,5,11H2,1-4H3. The number of rotatable bonds is 5. The Balaban J connectivity index is 2.56. The molecule has 4 nitrogen and oxygen atoms in total. The van der Waals surface area contributed by atoms with Gasteiger partial charge in [-0.1, -0.05) is 31.8 Å². The minimum Gasteiger partial charge on any atom is -0.461 e. The van der Waals surface area contributed by atoms with Crippen LogP contribution in [0.1, 0.15) is 23.0 Å². The number of hydrogen-bond acceptors (Lipinski definition) is 3. The van der Waals surface area contributed by atoms with Crippen LogP contribution in [0, 0.1) is 0 Å². The highest BCUT2D eigenvalue weighted by molar-refractivity contribution is 6.88. The monoisotopic (exact) mass is 336 g/mol. The molecule has 6 heteroatoms. The van der Waals surface area contributed by atoms with E-state index in [4.69, 9.17) is 16.3 Å². The van der Waals surface area contributed by atoms with E-state index in [0.29, 0.717) is 18.2 Å². The minimum absolute atomic E-state index is 0.341. The number of halogens is 1. The number of ether oxygens (including phenoxy) is 1. The summed E-state index contributed by atoms with van der Waals surface area (Å²) in [4.78, 5) is 12.2. The van der Waals surface area contributed by atoms with E-state index in [2.05, 4.69) is 24.7 Å². The van der Waals surface area contributed by atoms with Gasteiger partial charge < -0.3 is 4.74 Å². The quantitative estimate of drug-likeness (QED) is 0.478. The molecule has 0 aliphatic carbocycles. The first kappa shape index (κ1) is 16.8. The molecule has 0 spiro atoms. The number of alkyl halides is 1. The van der Waals surface area contributed by atoms with Gasteiger partial charge in [0.1, 0.15) is 8.07 Å².